The molecule has 1 heterocycles. The Morgan fingerprint density at radius 2 is 1.58 bits per heavy atom. The van der Waals surface area contributed by atoms with E-state index in [2.05, 4.69) is 0 Å². The molecule has 0 bridgehead atoms. The normalized spacial score (nSPS) is 17.5. The molecular weight excluding hydrogens is 324 g/mol. The third kappa shape index (κ3) is 3.00. The number of hydrogen-bond acceptors (Lipinski definition) is 3. The van der Waals surface area contributed by atoms with Gasteiger partial charge in [0.2, 0.25) is 0 Å². The molecule has 1 aliphatic rings. The van der Waals surface area contributed by atoms with E-state index in [1.54, 1.807) is 13.2 Å². The van der Waals surface area contributed by atoms with Crippen LogP contribution >= 0.6 is 0 Å². The molecule has 0 radical (unpaired) electrons. The summed E-state index contributed by atoms with van der Waals surface area (Å²) in [5, 5.41) is 0. The van der Waals surface area contributed by atoms with E-state index in [0.29, 0.717) is 16.9 Å². The van der Waals surface area contributed by atoms with Crippen LogP contribution in [0.15, 0.2) is 84.4 Å². The average Bonchev–Trinajstić information content (AvgIpc) is 2.71. The lowest BCUT2D eigenvalue weighted by atomic mass is 9.89. The second-order valence-corrected chi connectivity index (χ2v) is 6.11. The monoisotopic (exact) mass is 342 g/mol. The minimum atomic E-state index is -0.430. The minimum Gasteiger partial charge on any atom is -0.497 e. The second kappa shape index (κ2) is 6.89. The Kier molecular flexibility index (Phi) is 4.28. The fourth-order valence-electron chi connectivity index (χ4n) is 3.12. The molecular formula is C23H18O3. The van der Waals surface area contributed by atoms with Gasteiger partial charge in [-0.3, -0.25) is 4.79 Å². The SMILES string of the molecule is COc1ccc(/C=C2\C(=O)c3ccccc3O[C@@H]2c2ccccc2)cc1. The van der Waals surface area contributed by atoms with Gasteiger partial charge in [-0.05, 0) is 41.5 Å². The fraction of sp³-hybridized carbons (Fsp3) is 0.0870. The van der Waals surface area contributed by atoms with Crippen LogP contribution in [0.4, 0.5) is 0 Å². The van der Waals surface area contributed by atoms with Crippen molar-refractivity contribution in [2.45, 2.75) is 6.10 Å². The molecule has 3 aromatic carbocycles. The maximum atomic E-state index is 13.2. The third-order valence-electron chi connectivity index (χ3n) is 4.46. The number of para-hydroxylation sites is 1. The molecule has 0 fully saturated rings. The highest BCUT2D eigenvalue weighted by Crippen LogP contribution is 2.39. The van der Waals surface area contributed by atoms with Gasteiger partial charge < -0.3 is 9.47 Å². The van der Waals surface area contributed by atoms with Gasteiger partial charge in [-0.1, -0.05) is 54.6 Å². The topological polar surface area (TPSA) is 35.5 Å². The van der Waals surface area contributed by atoms with Gasteiger partial charge in [0, 0.05) is 5.57 Å². The van der Waals surface area contributed by atoms with Crippen molar-refractivity contribution >= 4 is 11.9 Å². The van der Waals surface area contributed by atoms with Gasteiger partial charge >= 0.3 is 0 Å². The molecule has 0 N–H and O–H groups in total. The van der Waals surface area contributed by atoms with E-state index in [1.165, 1.54) is 0 Å². The second-order valence-electron chi connectivity index (χ2n) is 6.11. The standard InChI is InChI=1S/C23H18O3/c1-25-18-13-11-16(12-14-18)15-20-22(24)19-9-5-6-10-21(19)26-23(20)17-7-3-2-4-8-17/h2-15,23H,1H3/b20-15+/t23-/m1/s1. The summed E-state index contributed by atoms with van der Waals surface area (Å²) in [6.45, 7) is 0. The van der Waals surface area contributed by atoms with Crippen molar-refractivity contribution in [3.63, 3.8) is 0 Å². The van der Waals surface area contributed by atoms with E-state index in [4.69, 9.17) is 9.47 Å². The number of carbonyl (C=O) groups excluding carboxylic acids is 1. The lowest BCUT2D eigenvalue weighted by Gasteiger charge is -2.28. The maximum absolute atomic E-state index is 13.2. The van der Waals surface area contributed by atoms with Crippen LogP contribution in [0.2, 0.25) is 0 Å². The van der Waals surface area contributed by atoms with Crippen LogP contribution in [0.3, 0.4) is 0 Å². The van der Waals surface area contributed by atoms with Gasteiger partial charge in [0.05, 0.1) is 12.7 Å². The highest BCUT2D eigenvalue weighted by atomic mass is 16.5. The molecule has 0 aliphatic carbocycles. The van der Waals surface area contributed by atoms with Crippen molar-refractivity contribution in [3.05, 3.63) is 101 Å². The molecule has 3 nitrogen and oxygen atoms in total. The van der Waals surface area contributed by atoms with Crippen molar-refractivity contribution in [2.75, 3.05) is 7.11 Å². The Hall–Kier alpha value is -3.33. The van der Waals surface area contributed by atoms with Crippen LogP contribution in [0.25, 0.3) is 6.08 Å². The molecule has 0 spiro atoms. The number of benzene rings is 3. The molecule has 26 heavy (non-hydrogen) atoms. The largest absolute Gasteiger partial charge is 0.497 e. The Morgan fingerprint density at radius 3 is 2.31 bits per heavy atom. The van der Waals surface area contributed by atoms with Crippen LogP contribution in [0.1, 0.15) is 27.6 Å². The maximum Gasteiger partial charge on any atom is 0.196 e. The van der Waals surface area contributed by atoms with Gasteiger partial charge in [-0.2, -0.15) is 0 Å². The van der Waals surface area contributed by atoms with Crippen molar-refractivity contribution in [1.82, 2.24) is 0 Å². The minimum absolute atomic E-state index is 0.00322. The predicted molar refractivity (Wildman–Crippen MR) is 102 cm³/mol. The first-order chi connectivity index (χ1) is 12.8. The van der Waals surface area contributed by atoms with Gasteiger partial charge in [0.15, 0.2) is 11.9 Å². The summed E-state index contributed by atoms with van der Waals surface area (Å²) in [6.07, 6.45) is 1.47. The van der Waals surface area contributed by atoms with Gasteiger partial charge in [0.25, 0.3) is 0 Å². The lowest BCUT2D eigenvalue weighted by Crippen LogP contribution is -2.23. The number of fused-ring (bicyclic) bond motifs is 1. The molecule has 1 atom stereocenters. The summed E-state index contributed by atoms with van der Waals surface area (Å²) >= 11 is 0. The Morgan fingerprint density at radius 1 is 0.885 bits per heavy atom. The number of ketones is 1. The molecule has 0 saturated carbocycles. The Labute approximate surface area is 152 Å². The summed E-state index contributed by atoms with van der Waals surface area (Å²) < 4.78 is 11.4. The van der Waals surface area contributed by atoms with Crippen LogP contribution in [-0.4, -0.2) is 12.9 Å². The zero-order valence-electron chi connectivity index (χ0n) is 14.4. The highest BCUT2D eigenvalue weighted by Gasteiger charge is 2.32. The molecule has 3 aromatic rings. The predicted octanol–water partition coefficient (Wildman–Crippen LogP) is 5.10. The molecule has 0 amide bonds. The van der Waals surface area contributed by atoms with E-state index in [0.717, 1.165) is 16.9 Å². The molecule has 0 aromatic heterocycles. The van der Waals surface area contributed by atoms with E-state index in [-0.39, 0.29) is 5.78 Å². The molecule has 0 unspecified atom stereocenters. The number of carbonyl (C=O) groups is 1. The third-order valence-corrected chi connectivity index (χ3v) is 4.46. The van der Waals surface area contributed by atoms with Crippen LogP contribution in [0, 0.1) is 0 Å². The van der Waals surface area contributed by atoms with E-state index >= 15 is 0 Å². The molecule has 1 aliphatic heterocycles. The van der Waals surface area contributed by atoms with Gasteiger partial charge in [-0.25, -0.2) is 0 Å². The summed E-state index contributed by atoms with van der Waals surface area (Å²) in [6, 6.07) is 24.8. The van der Waals surface area contributed by atoms with E-state index in [1.807, 2.05) is 78.9 Å². The first kappa shape index (κ1) is 16.2. The van der Waals surface area contributed by atoms with Crippen molar-refractivity contribution in [1.29, 1.82) is 0 Å². The van der Waals surface area contributed by atoms with E-state index in [9.17, 15) is 4.79 Å². The van der Waals surface area contributed by atoms with Crippen molar-refractivity contribution < 1.29 is 14.3 Å². The number of ether oxygens (including phenoxy) is 2. The number of Topliss-reactive ketones (excluding diaryl/α,β-unsaturated/α-hetero) is 1. The first-order valence-corrected chi connectivity index (χ1v) is 8.47. The Bertz CT molecular complexity index is 956. The zero-order valence-corrected chi connectivity index (χ0v) is 14.4. The Balaban J connectivity index is 1.82. The number of hydrogen-bond donors (Lipinski definition) is 0. The van der Waals surface area contributed by atoms with Crippen LogP contribution in [0.5, 0.6) is 11.5 Å². The van der Waals surface area contributed by atoms with Crippen LogP contribution in [-0.2, 0) is 0 Å². The number of rotatable bonds is 3. The van der Waals surface area contributed by atoms with Crippen molar-refractivity contribution in [2.24, 2.45) is 0 Å². The molecule has 4 rings (SSSR count). The summed E-state index contributed by atoms with van der Waals surface area (Å²) in [5.74, 6) is 1.40. The quantitative estimate of drug-likeness (QED) is 0.622. The van der Waals surface area contributed by atoms with Crippen LogP contribution < -0.4 is 9.47 Å². The van der Waals surface area contributed by atoms with E-state index < -0.39 is 6.10 Å². The molecule has 128 valence electrons. The first-order valence-electron chi connectivity index (χ1n) is 8.47. The lowest BCUT2D eigenvalue weighted by molar-refractivity contribution is 0.0963. The van der Waals surface area contributed by atoms with Crippen molar-refractivity contribution in [3.8, 4) is 11.5 Å². The fourth-order valence-corrected chi connectivity index (χ4v) is 3.12. The summed E-state index contributed by atoms with van der Waals surface area (Å²) in [5.41, 5.74) is 3.10. The average molecular weight is 342 g/mol. The smallest absolute Gasteiger partial charge is 0.196 e. The summed E-state index contributed by atoms with van der Waals surface area (Å²) in [4.78, 5) is 13.2. The van der Waals surface area contributed by atoms with Gasteiger partial charge in [0.1, 0.15) is 11.5 Å². The summed E-state index contributed by atoms with van der Waals surface area (Å²) in [7, 11) is 1.63. The molecule has 0 saturated heterocycles. The number of methoxy groups -OCH3 is 1. The van der Waals surface area contributed by atoms with Gasteiger partial charge in [-0.15, -0.1) is 0 Å². The highest BCUT2D eigenvalue weighted by molar-refractivity contribution is 6.14. The zero-order chi connectivity index (χ0) is 17.9. The molecule has 3 heteroatoms.